The lowest BCUT2D eigenvalue weighted by Crippen LogP contribution is -2.23. The van der Waals surface area contributed by atoms with Crippen LogP contribution in [-0.2, 0) is 4.74 Å². The maximum Gasteiger partial charge on any atom is 0.414 e. The summed E-state index contributed by atoms with van der Waals surface area (Å²) in [6.07, 6.45) is 4.58. The second kappa shape index (κ2) is 7.70. The number of ether oxygens (including phenoxy) is 2. The lowest BCUT2D eigenvalue weighted by molar-refractivity contribution is 0.102. The second-order valence-corrected chi connectivity index (χ2v) is 6.82. The van der Waals surface area contributed by atoms with Crippen LogP contribution in [0.15, 0.2) is 48.5 Å². The largest absolute Gasteiger partial charge is 0.490 e. The third kappa shape index (κ3) is 4.05. The topological polar surface area (TPSA) is 67.9 Å². The van der Waals surface area contributed by atoms with Crippen molar-refractivity contribution < 1.29 is 19.1 Å². The molecule has 0 unspecified atom stereocenters. The van der Waals surface area contributed by atoms with Crippen molar-refractivity contribution in [1.82, 2.24) is 0 Å². The zero-order valence-electron chi connectivity index (χ0n) is 15.0. The Morgan fingerprint density at radius 3 is 2.59 bits per heavy atom. The van der Waals surface area contributed by atoms with Crippen LogP contribution in [0.2, 0.25) is 0 Å². The molecule has 2 aromatic carbocycles. The molecule has 27 heavy (non-hydrogen) atoms. The van der Waals surface area contributed by atoms with E-state index in [9.17, 15) is 9.59 Å². The summed E-state index contributed by atoms with van der Waals surface area (Å²) >= 11 is 0. The highest BCUT2D eigenvalue weighted by molar-refractivity contribution is 6.04. The van der Waals surface area contributed by atoms with Crippen molar-refractivity contribution in [3.8, 4) is 5.75 Å². The lowest BCUT2D eigenvalue weighted by atomic mass is 10.2. The number of carbonyl (C=O) groups excluding carboxylic acids is 2. The summed E-state index contributed by atoms with van der Waals surface area (Å²) < 4.78 is 10.9. The minimum atomic E-state index is -0.365. The number of carbonyl (C=O) groups is 2. The molecule has 0 aromatic heterocycles. The smallest absolute Gasteiger partial charge is 0.414 e. The molecule has 6 nitrogen and oxygen atoms in total. The fraction of sp³-hybridized carbons (Fsp3) is 0.333. The normalized spacial score (nSPS) is 17.0. The van der Waals surface area contributed by atoms with Gasteiger partial charge in [0.1, 0.15) is 12.4 Å². The molecule has 1 N–H and O–H groups in total. The molecule has 6 heteroatoms. The highest BCUT2D eigenvalue weighted by atomic mass is 16.6. The van der Waals surface area contributed by atoms with Crippen LogP contribution < -0.4 is 15.0 Å². The van der Waals surface area contributed by atoms with Crippen LogP contribution in [0.4, 0.5) is 16.2 Å². The summed E-state index contributed by atoms with van der Waals surface area (Å²) in [5.74, 6) is 0.594. The zero-order chi connectivity index (χ0) is 18.6. The van der Waals surface area contributed by atoms with Gasteiger partial charge in [-0.15, -0.1) is 0 Å². The highest BCUT2D eigenvalue weighted by Crippen LogP contribution is 2.25. The molecular weight excluding hydrogens is 344 g/mol. The molecule has 2 amide bonds. The van der Waals surface area contributed by atoms with E-state index < -0.39 is 0 Å². The third-order valence-electron chi connectivity index (χ3n) is 4.90. The Labute approximate surface area is 158 Å². The molecule has 2 aliphatic rings. The van der Waals surface area contributed by atoms with Gasteiger partial charge in [0.15, 0.2) is 0 Å². The van der Waals surface area contributed by atoms with E-state index in [2.05, 4.69) is 5.32 Å². The van der Waals surface area contributed by atoms with Crippen molar-refractivity contribution in [2.24, 2.45) is 0 Å². The van der Waals surface area contributed by atoms with Crippen molar-refractivity contribution in [2.45, 2.75) is 31.8 Å². The van der Waals surface area contributed by atoms with Gasteiger partial charge >= 0.3 is 6.09 Å². The number of cyclic esters (lactones) is 1. The van der Waals surface area contributed by atoms with E-state index in [1.54, 1.807) is 35.2 Å². The van der Waals surface area contributed by atoms with Gasteiger partial charge in [-0.3, -0.25) is 9.69 Å². The van der Waals surface area contributed by atoms with E-state index in [0.717, 1.165) is 18.6 Å². The summed E-state index contributed by atoms with van der Waals surface area (Å²) in [5.41, 5.74) is 1.89. The summed E-state index contributed by atoms with van der Waals surface area (Å²) in [4.78, 5) is 25.7. The lowest BCUT2D eigenvalue weighted by Gasteiger charge is -2.15. The van der Waals surface area contributed by atoms with Crippen molar-refractivity contribution in [2.75, 3.05) is 23.4 Å². The fourth-order valence-electron chi connectivity index (χ4n) is 3.47. The first-order valence-electron chi connectivity index (χ1n) is 9.31. The Kier molecular flexibility index (Phi) is 4.96. The van der Waals surface area contributed by atoms with Crippen molar-refractivity contribution in [3.63, 3.8) is 0 Å². The van der Waals surface area contributed by atoms with Gasteiger partial charge in [0.25, 0.3) is 5.91 Å². The highest BCUT2D eigenvalue weighted by Gasteiger charge is 2.23. The Morgan fingerprint density at radius 2 is 1.89 bits per heavy atom. The fourth-order valence-corrected chi connectivity index (χ4v) is 3.47. The number of nitrogens with zero attached hydrogens (tertiary/aromatic N) is 1. The zero-order valence-corrected chi connectivity index (χ0v) is 15.0. The van der Waals surface area contributed by atoms with Gasteiger partial charge in [0, 0.05) is 16.9 Å². The van der Waals surface area contributed by atoms with E-state index in [1.807, 2.05) is 18.2 Å². The third-order valence-corrected chi connectivity index (χ3v) is 4.90. The van der Waals surface area contributed by atoms with E-state index in [4.69, 9.17) is 9.47 Å². The maximum atomic E-state index is 12.5. The number of nitrogens with one attached hydrogen (secondary N) is 1. The average Bonchev–Trinajstić information content (AvgIpc) is 3.34. The number of hydrogen-bond donors (Lipinski definition) is 1. The first-order chi connectivity index (χ1) is 13.2. The molecule has 1 saturated carbocycles. The van der Waals surface area contributed by atoms with E-state index >= 15 is 0 Å². The minimum Gasteiger partial charge on any atom is -0.490 e. The molecule has 0 radical (unpaired) electrons. The van der Waals surface area contributed by atoms with Gasteiger partial charge in [0.05, 0.1) is 12.6 Å². The number of hydrogen-bond acceptors (Lipinski definition) is 4. The van der Waals surface area contributed by atoms with Crippen molar-refractivity contribution in [3.05, 3.63) is 54.1 Å². The predicted octanol–water partition coefficient (Wildman–Crippen LogP) is 4.22. The molecule has 2 fully saturated rings. The SMILES string of the molecule is O=C(Nc1cccc(N2CCOC2=O)c1)c1ccc(OC2CCCC2)cc1. The van der Waals surface area contributed by atoms with E-state index in [-0.39, 0.29) is 12.0 Å². The van der Waals surface area contributed by atoms with Crippen molar-refractivity contribution >= 4 is 23.4 Å². The molecule has 140 valence electrons. The summed E-state index contributed by atoms with van der Waals surface area (Å²) in [6, 6.07) is 14.4. The van der Waals surface area contributed by atoms with E-state index in [0.29, 0.717) is 36.2 Å². The Bertz CT molecular complexity index is 828. The van der Waals surface area contributed by atoms with Gasteiger partial charge in [-0.2, -0.15) is 0 Å². The standard InChI is InChI=1S/C21H22N2O4/c24-20(15-8-10-19(11-9-15)27-18-6-1-2-7-18)22-16-4-3-5-17(14-16)23-12-13-26-21(23)25/h3-5,8-11,14,18H,1-2,6-7,12-13H2,(H,22,24). The van der Waals surface area contributed by atoms with E-state index in [1.165, 1.54) is 12.8 Å². The number of anilines is 2. The molecule has 1 saturated heterocycles. The second-order valence-electron chi connectivity index (χ2n) is 6.82. The minimum absolute atomic E-state index is 0.205. The molecule has 0 bridgehead atoms. The Hall–Kier alpha value is -3.02. The van der Waals surface area contributed by atoms with Gasteiger partial charge in [-0.05, 0) is 68.1 Å². The number of amides is 2. The maximum absolute atomic E-state index is 12.5. The van der Waals surface area contributed by atoms with Crippen LogP contribution in [0.25, 0.3) is 0 Å². The van der Waals surface area contributed by atoms with Crippen LogP contribution in [0, 0.1) is 0 Å². The number of rotatable bonds is 5. The molecule has 0 atom stereocenters. The summed E-state index contributed by atoms with van der Waals surface area (Å²) in [7, 11) is 0. The van der Waals surface area contributed by atoms with Gasteiger partial charge in [-0.25, -0.2) is 4.79 Å². The van der Waals surface area contributed by atoms with Crippen LogP contribution in [0.1, 0.15) is 36.0 Å². The Balaban J connectivity index is 1.40. The number of benzene rings is 2. The first kappa shape index (κ1) is 17.4. The molecule has 1 heterocycles. The van der Waals surface area contributed by atoms with Crippen LogP contribution in [0.5, 0.6) is 5.75 Å². The quantitative estimate of drug-likeness (QED) is 0.860. The average molecular weight is 366 g/mol. The van der Waals surface area contributed by atoms with Gasteiger partial charge in [0.2, 0.25) is 0 Å². The van der Waals surface area contributed by atoms with Crippen LogP contribution >= 0.6 is 0 Å². The van der Waals surface area contributed by atoms with Crippen molar-refractivity contribution in [1.29, 1.82) is 0 Å². The molecular formula is C21H22N2O4. The van der Waals surface area contributed by atoms with Gasteiger partial charge < -0.3 is 14.8 Å². The Morgan fingerprint density at radius 1 is 1.11 bits per heavy atom. The molecule has 1 aliphatic heterocycles. The first-order valence-corrected chi connectivity index (χ1v) is 9.31. The predicted molar refractivity (Wildman–Crippen MR) is 102 cm³/mol. The van der Waals surface area contributed by atoms with Crippen LogP contribution in [-0.4, -0.2) is 31.3 Å². The van der Waals surface area contributed by atoms with Crippen LogP contribution in [0.3, 0.4) is 0 Å². The molecule has 4 rings (SSSR count). The molecule has 0 spiro atoms. The molecule has 2 aromatic rings. The summed E-state index contributed by atoms with van der Waals surface area (Å²) in [6.45, 7) is 0.892. The van der Waals surface area contributed by atoms with Gasteiger partial charge in [-0.1, -0.05) is 6.07 Å². The summed E-state index contributed by atoms with van der Waals surface area (Å²) in [5, 5.41) is 2.87. The molecule has 1 aliphatic carbocycles. The monoisotopic (exact) mass is 366 g/mol.